The van der Waals surface area contributed by atoms with Crippen molar-refractivity contribution in [3.05, 3.63) is 22.4 Å². The molecule has 3 rings (SSSR count). The van der Waals surface area contributed by atoms with Gasteiger partial charge >= 0.3 is 0 Å². The van der Waals surface area contributed by atoms with Gasteiger partial charge in [-0.05, 0) is 36.6 Å². The fourth-order valence-corrected chi connectivity index (χ4v) is 3.82. The summed E-state index contributed by atoms with van der Waals surface area (Å²) in [6, 6.07) is 4.25. The average molecular weight is 249 g/mol. The van der Waals surface area contributed by atoms with Crippen LogP contribution in [0.25, 0.3) is 0 Å². The van der Waals surface area contributed by atoms with Gasteiger partial charge in [0, 0.05) is 29.8 Å². The lowest BCUT2D eigenvalue weighted by Gasteiger charge is -2.31. The smallest absolute Gasteiger partial charge is 0.226 e. The van der Waals surface area contributed by atoms with Crippen molar-refractivity contribution in [2.45, 2.75) is 32.1 Å². The highest BCUT2D eigenvalue weighted by molar-refractivity contribution is 7.10. The number of hydrogen-bond donors (Lipinski definition) is 0. The standard InChI is InChI=1S/C14H19NOS/c1-10-4-2-6-15(9-10)14(16)12-8-11(12)13-5-3-7-17-13/h3,5,7,10-12H,2,4,6,8-9H2,1H3. The monoisotopic (exact) mass is 249 g/mol. The maximum Gasteiger partial charge on any atom is 0.226 e. The molecular formula is C14H19NOS. The van der Waals surface area contributed by atoms with Crippen molar-refractivity contribution in [1.82, 2.24) is 4.90 Å². The third-order valence-electron chi connectivity index (χ3n) is 3.98. The lowest BCUT2D eigenvalue weighted by molar-refractivity contribution is -0.134. The Kier molecular flexibility index (Phi) is 2.95. The molecule has 0 spiro atoms. The summed E-state index contributed by atoms with van der Waals surface area (Å²) >= 11 is 1.79. The molecule has 1 aliphatic carbocycles. The molecule has 3 heteroatoms. The molecule has 17 heavy (non-hydrogen) atoms. The van der Waals surface area contributed by atoms with Crippen LogP contribution in [-0.4, -0.2) is 23.9 Å². The summed E-state index contributed by atoms with van der Waals surface area (Å²) in [5, 5.41) is 2.11. The van der Waals surface area contributed by atoms with Gasteiger partial charge in [0.15, 0.2) is 0 Å². The Morgan fingerprint density at radius 1 is 1.53 bits per heavy atom. The van der Waals surface area contributed by atoms with Crippen LogP contribution in [0.5, 0.6) is 0 Å². The van der Waals surface area contributed by atoms with Crippen molar-refractivity contribution in [1.29, 1.82) is 0 Å². The van der Waals surface area contributed by atoms with E-state index in [0.717, 1.165) is 19.5 Å². The second kappa shape index (κ2) is 4.45. The molecule has 3 atom stereocenters. The predicted octanol–water partition coefficient (Wildman–Crippen LogP) is 3.11. The van der Waals surface area contributed by atoms with Gasteiger partial charge in [-0.15, -0.1) is 11.3 Å². The Morgan fingerprint density at radius 3 is 3.12 bits per heavy atom. The molecule has 3 unspecified atom stereocenters. The molecule has 1 saturated heterocycles. The van der Waals surface area contributed by atoms with Gasteiger partial charge in [0.2, 0.25) is 5.91 Å². The van der Waals surface area contributed by atoms with Crippen LogP contribution in [0, 0.1) is 11.8 Å². The van der Waals surface area contributed by atoms with Crippen LogP contribution in [0.15, 0.2) is 17.5 Å². The average Bonchev–Trinajstić information content (AvgIpc) is 2.94. The predicted molar refractivity (Wildman–Crippen MR) is 70.1 cm³/mol. The van der Waals surface area contributed by atoms with Crippen LogP contribution in [-0.2, 0) is 4.79 Å². The lowest BCUT2D eigenvalue weighted by atomic mass is 10.00. The van der Waals surface area contributed by atoms with Gasteiger partial charge < -0.3 is 4.90 Å². The van der Waals surface area contributed by atoms with Gasteiger partial charge in [-0.3, -0.25) is 4.79 Å². The maximum absolute atomic E-state index is 12.3. The van der Waals surface area contributed by atoms with Gasteiger partial charge in [-0.2, -0.15) is 0 Å². The number of rotatable bonds is 2. The minimum Gasteiger partial charge on any atom is -0.342 e. The second-order valence-electron chi connectivity index (χ2n) is 5.50. The highest BCUT2D eigenvalue weighted by Crippen LogP contribution is 2.50. The van der Waals surface area contributed by atoms with E-state index < -0.39 is 0 Å². The lowest BCUT2D eigenvalue weighted by Crippen LogP contribution is -2.40. The highest BCUT2D eigenvalue weighted by atomic mass is 32.1. The molecule has 2 aliphatic rings. The summed E-state index contributed by atoms with van der Waals surface area (Å²) in [4.78, 5) is 15.8. The van der Waals surface area contributed by atoms with Crippen molar-refractivity contribution < 1.29 is 4.79 Å². The number of likely N-dealkylation sites (tertiary alicyclic amines) is 1. The van der Waals surface area contributed by atoms with E-state index in [0.29, 0.717) is 23.7 Å². The van der Waals surface area contributed by atoms with Crippen molar-refractivity contribution in [3.63, 3.8) is 0 Å². The summed E-state index contributed by atoms with van der Waals surface area (Å²) in [6.07, 6.45) is 3.54. The normalized spacial score (nSPS) is 32.5. The Hall–Kier alpha value is -0.830. The maximum atomic E-state index is 12.3. The van der Waals surface area contributed by atoms with Crippen LogP contribution in [0.3, 0.4) is 0 Å². The number of amides is 1. The van der Waals surface area contributed by atoms with Crippen LogP contribution in [0.1, 0.15) is 37.0 Å². The number of carbonyl (C=O) groups is 1. The first kappa shape index (κ1) is 11.3. The zero-order valence-electron chi connectivity index (χ0n) is 10.3. The Balaban J connectivity index is 1.61. The fourth-order valence-electron chi connectivity index (χ4n) is 2.91. The summed E-state index contributed by atoms with van der Waals surface area (Å²) in [6.45, 7) is 4.21. The van der Waals surface area contributed by atoms with Crippen molar-refractivity contribution >= 4 is 17.2 Å². The Labute approximate surface area is 107 Å². The number of carbonyl (C=O) groups excluding carboxylic acids is 1. The summed E-state index contributed by atoms with van der Waals surface area (Å²) in [7, 11) is 0. The van der Waals surface area contributed by atoms with Crippen molar-refractivity contribution in [2.24, 2.45) is 11.8 Å². The van der Waals surface area contributed by atoms with Gasteiger partial charge in [-0.25, -0.2) is 0 Å². The van der Waals surface area contributed by atoms with E-state index in [9.17, 15) is 4.79 Å². The van der Waals surface area contributed by atoms with Gasteiger partial charge in [-0.1, -0.05) is 13.0 Å². The number of hydrogen-bond acceptors (Lipinski definition) is 2. The molecule has 0 bridgehead atoms. The molecular weight excluding hydrogens is 230 g/mol. The number of thiophene rings is 1. The van der Waals surface area contributed by atoms with Crippen LogP contribution < -0.4 is 0 Å². The van der Waals surface area contributed by atoms with Crippen LogP contribution in [0.4, 0.5) is 0 Å². The van der Waals surface area contributed by atoms with E-state index in [1.807, 2.05) is 0 Å². The molecule has 1 amide bonds. The van der Waals surface area contributed by atoms with Crippen molar-refractivity contribution in [2.75, 3.05) is 13.1 Å². The zero-order valence-corrected chi connectivity index (χ0v) is 11.1. The molecule has 1 saturated carbocycles. The van der Waals surface area contributed by atoms with E-state index >= 15 is 0 Å². The molecule has 1 aromatic heterocycles. The zero-order chi connectivity index (χ0) is 11.8. The largest absolute Gasteiger partial charge is 0.342 e. The Bertz CT molecular complexity index is 400. The second-order valence-corrected chi connectivity index (χ2v) is 6.48. The molecule has 0 aromatic carbocycles. The molecule has 1 aliphatic heterocycles. The molecule has 2 fully saturated rings. The fraction of sp³-hybridized carbons (Fsp3) is 0.643. The quantitative estimate of drug-likeness (QED) is 0.788. The molecule has 2 nitrogen and oxygen atoms in total. The van der Waals surface area contributed by atoms with E-state index in [-0.39, 0.29) is 0 Å². The summed E-state index contributed by atoms with van der Waals surface area (Å²) < 4.78 is 0. The van der Waals surface area contributed by atoms with E-state index in [4.69, 9.17) is 0 Å². The van der Waals surface area contributed by atoms with Crippen molar-refractivity contribution in [3.8, 4) is 0 Å². The van der Waals surface area contributed by atoms with Crippen LogP contribution in [0.2, 0.25) is 0 Å². The topological polar surface area (TPSA) is 20.3 Å². The van der Waals surface area contributed by atoms with E-state index in [1.165, 1.54) is 17.7 Å². The minimum atomic E-state index is 0.291. The molecule has 1 aromatic rings. The number of nitrogens with zero attached hydrogens (tertiary/aromatic N) is 1. The first-order chi connectivity index (χ1) is 8.25. The van der Waals surface area contributed by atoms with Gasteiger partial charge in [0.1, 0.15) is 0 Å². The molecule has 0 radical (unpaired) electrons. The first-order valence-electron chi connectivity index (χ1n) is 6.58. The summed E-state index contributed by atoms with van der Waals surface area (Å²) in [5.74, 6) is 1.92. The molecule has 92 valence electrons. The minimum absolute atomic E-state index is 0.291. The van der Waals surface area contributed by atoms with E-state index in [1.54, 1.807) is 11.3 Å². The third-order valence-corrected chi connectivity index (χ3v) is 4.99. The van der Waals surface area contributed by atoms with E-state index in [2.05, 4.69) is 29.3 Å². The number of piperidine rings is 1. The first-order valence-corrected chi connectivity index (χ1v) is 7.46. The summed E-state index contributed by atoms with van der Waals surface area (Å²) in [5.41, 5.74) is 0. The SMILES string of the molecule is CC1CCCN(C(=O)C2CC2c2cccs2)C1. The van der Waals surface area contributed by atoms with Gasteiger partial charge in [0.05, 0.1) is 0 Å². The molecule has 2 heterocycles. The highest BCUT2D eigenvalue weighted by Gasteiger charge is 2.46. The van der Waals surface area contributed by atoms with Crippen LogP contribution >= 0.6 is 11.3 Å². The van der Waals surface area contributed by atoms with Gasteiger partial charge in [0.25, 0.3) is 0 Å². The third kappa shape index (κ3) is 2.25. The molecule has 0 N–H and O–H groups in total. The Morgan fingerprint density at radius 2 is 2.41 bits per heavy atom.